The Hall–Kier alpha value is -12.3. The summed E-state index contributed by atoms with van der Waals surface area (Å²) in [6, 6.07) is 82.0. The van der Waals surface area contributed by atoms with Gasteiger partial charge < -0.3 is 20.4 Å². The van der Waals surface area contributed by atoms with E-state index in [1.54, 1.807) is 79.7 Å². The van der Waals surface area contributed by atoms with E-state index >= 15 is 0 Å². The van der Waals surface area contributed by atoms with Crippen molar-refractivity contribution in [3.05, 3.63) is 359 Å². The molecule has 0 unspecified atom stereocenters. The van der Waals surface area contributed by atoms with Gasteiger partial charge in [-0.1, -0.05) is 72.8 Å². The van der Waals surface area contributed by atoms with Gasteiger partial charge >= 0.3 is 30.1 Å². The van der Waals surface area contributed by atoms with Gasteiger partial charge in [-0.05, 0) is 141 Å². The van der Waals surface area contributed by atoms with Crippen LogP contribution in [0.15, 0.2) is 267 Å². The van der Waals surface area contributed by atoms with E-state index in [4.69, 9.17) is 37.3 Å². The van der Waals surface area contributed by atoms with Gasteiger partial charge in [-0.15, -0.1) is 131 Å². The first-order valence-corrected chi connectivity index (χ1v) is 33.7. The Morgan fingerprint density at radius 1 is 0.345 bits per heavy atom. The number of para-hydroxylation sites is 8. The van der Waals surface area contributed by atoms with Crippen molar-refractivity contribution in [1.82, 2.24) is 59.8 Å². The van der Waals surface area contributed by atoms with Crippen LogP contribution in [0.25, 0.3) is 89.2 Å². The van der Waals surface area contributed by atoms with Crippen LogP contribution in [0.4, 0.5) is 17.6 Å². The first kappa shape index (κ1) is 94.3. The van der Waals surface area contributed by atoms with Gasteiger partial charge in [-0.2, -0.15) is 13.2 Å². The van der Waals surface area contributed by atoms with E-state index in [1.165, 1.54) is 67.3 Å². The molecule has 0 spiro atoms. The standard InChI is InChI=1S/C16H10F3N2.C16H10N3.C15H10ClN2.C15H10FN2.4C6H5NO2.4Ir/c1-10-15(21-14-5-3-2-4-13(14)20-10)11-6-8-12(9-7-11)16(17,18)19;1-11-16(13-8-6-12(10-17)7-9-13)19-15-5-3-2-4-14(15)18-11;2*1-10-15(11-6-8-12(16)9-7-11)18-14-5-3-2-4-13(14)17-10;4*8-6(9)5-3-1-2-4-7-5;;;;/h2-6,8-9H,1H3;2-8H,1H3;2*2-6,8-9H,1H3;4*1-4H,(H,8,9);;;;/q4*-1;;;;;;;;. The summed E-state index contributed by atoms with van der Waals surface area (Å²) in [6.07, 6.45) is 1.43. The first-order chi connectivity index (χ1) is 53.9. The molecule has 0 aliphatic heterocycles. The Morgan fingerprint density at radius 2 is 0.603 bits per heavy atom. The second-order valence-electron chi connectivity index (χ2n) is 23.1. The number of carboxylic acids is 4. The van der Waals surface area contributed by atoms with Crippen LogP contribution in [0.3, 0.4) is 0 Å². The number of hydrogen-bond donors (Lipinski definition) is 4. The van der Waals surface area contributed by atoms with Crippen LogP contribution in [0.5, 0.6) is 0 Å². The summed E-state index contributed by atoms with van der Waals surface area (Å²) in [5, 5.41) is 42.8. The zero-order valence-corrected chi connectivity index (χ0v) is 71.2. The Kier molecular flexibility index (Phi) is 38.0. The number of nitriles is 1. The van der Waals surface area contributed by atoms with Crippen LogP contribution in [0, 0.1) is 69.1 Å². The Balaban J connectivity index is 0.000000241. The summed E-state index contributed by atoms with van der Waals surface area (Å²) >= 11 is 5.87. The molecule has 30 heteroatoms. The average molecular weight is 2280 g/mol. The second-order valence-corrected chi connectivity index (χ2v) is 23.5. The molecule has 0 saturated carbocycles. The molecule has 8 aromatic heterocycles. The molecular formula is C86H60ClF4Ir4N13O8-4. The van der Waals surface area contributed by atoms with Crippen molar-refractivity contribution in [3.8, 4) is 51.1 Å². The molecule has 0 atom stereocenters. The van der Waals surface area contributed by atoms with Crippen LogP contribution in [-0.4, -0.2) is 104 Å². The zero-order valence-electron chi connectivity index (χ0n) is 60.9. The Morgan fingerprint density at radius 3 is 0.810 bits per heavy atom. The van der Waals surface area contributed by atoms with Crippen LogP contribution in [0.1, 0.15) is 75.9 Å². The van der Waals surface area contributed by atoms with E-state index in [-0.39, 0.29) is 109 Å². The minimum absolute atomic E-state index is 0. The third-order valence-electron chi connectivity index (χ3n) is 15.2. The minimum atomic E-state index is -4.36. The number of carbonyl (C=O) groups is 4. The number of carboxylic acid groups (broad SMARTS) is 4. The van der Waals surface area contributed by atoms with Gasteiger partial charge in [0.1, 0.15) is 22.8 Å². The van der Waals surface area contributed by atoms with E-state index in [2.05, 4.69) is 90.1 Å². The summed E-state index contributed by atoms with van der Waals surface area (Å²) in [7, 11) is 0. The predicted molar refractivity (Wildman–Crippen MR) is 414 cm³/mol. The van der Waals surface area contributed by atoms with Crippen molar-refractivity contribution in [2.24, 2.45) is 0 Å². The van der Waals surface area contributed by atoms with Gasteiger partial charge in [0.05, 0.1) is 44.1 Å². The topological polar surface area (TPSA) is 328 Å². The van der Waals surface area contributed by atoms with Gasteiger partial charge in [0.25, 0.3) is 0 Å². The van der Waals surface area contributed by atoms with Crippen molar-refractivity contribution in [3.63, 3.8) is 0 Å². The maximum atomic E-state index is 12.9. The first-order valence-electron chi connectivity index (χ1n) is 33.3. The molecule has 0 saturated heterocycles. The third-order valence-corrected chi connectivity index (χ3v) is 15.4. The van der Waals surface area contributed by atoms with Crippen LogP contribution in [0.2, 0.25) is 5.02 Å². The SMILES string of the molecule is Cc1nc2ccccc2nc1-c1[c-]cc(C#N)cc1.Cc1nc2ccccc2nc1-c1[c-]cc(C(F)(F)F)cc1.Cc1nc2ccccc2nc1-c1[c-]cc(Cl)cc1.Cc1nc2ccccc2nc1-c1[c-]cc(F)cc1.O=C(O)c1ccccn1.O=C(O)c1ccccn1.O=C(O)c1ccccn1.O=C(O)c1ccccn1.[Ir].[Ir].[Ir].[Ir]. The molecule has 16 aromatic rings. The van der Waals surface area contributed by atoms with Crippen molar-refractivity contribution in [1.29, 1.82) is 5.26 Å². The average Bonchev–Trinajstić information content (AvgIpc) is 0.816. The molecule has 4 radical (unpaired) electrons. The number of aromatic nitrogens is 12. The normalized spacial score (nSPS) is 9.93. The number of rotatable bonds is 8. The molecule has 0 fully saturated rings. The Bertz CT molecular complexity index is 5610. The molecule has 116 heavy (non-hydrogen) atoms. The third kappa shape index (κ3) is 28.1. The van der Waals surface area contributed by atoms with E-state index in [1.807, 2.05) is 136 Å². The van der Waals surface area contributed by atoms with E-state index in [0.29, 0.717) is 33.1 Å². The number of fused-ring (bicyclic) bond motifs is 4. The molecule has 8 heterocycles. The number of halogens is 5. The van der Waals surface area contributed by atoms with Gasteiger partial charge in [-0.3, -0.25) is 44.3 Å². The van der Waals surface area contributed by atoms with E-state index in [0.717, 1.165) is 102 Å². The number of alkyl halides is 3. The number of benzene rings is 8. The molecule has 0 bridgehead atoms. The van der Waals surface area contributed by atoms with Gasteiger partial charge in [0.15, 0.2) is 0 Å². The summed E-state index contributed by atoms with van der Waals surface area (Å²) in [6.45, 7) is 7.56. The van der Waals surface area contributed by atoms with Crippen LogP contribution in [-0.2, 0) is 86.6 Å². The quantitative estimate of drug-likeness (QED) is 0.0811. The van der Waals surface area contributed by atoms with Crippen LogP contribution >= 0.6 is 11.6 Å². The number of pyridine rings is 4. The monoisotopic (exact) mass is 2290 g/mol. The summed E-state index contributed by atoms with van der Waals surface area (Å²) in [5.41, 5.74) is 16.1. The van der Waals surface area contributed by atoms with Crippen molar-refractivity contribution < 1.29 is 138 Å². The van der Waals surface area contributed by atoms with Gasteiger partial charge in [0.2, 0.25) is 0 Å². The second kappa shape index (κ2) is 46.8. The van der Waals surface area contributed by atoms with Crippen molar-refractivity contribution in [2.75, 3.05) is 0 Å². The summed E-state index contributed by atoms with van der Waals surface area (Å²) in [4.78, 5) is 91.2. The molecular weight excluding hydrogens is 2220 g/mol. The van der Waals surface area contributed by atoms with Crippen molar-refractivity contribution in [2.45, 2.75) is 33.9 Å². The number of aryl methyl sites for hydroxylation is 4. The largest absolute Gasteiger partial charge is 0.477 e. The molecule has 0 aliphatic carbocycles. The molecule has 8 aromatic carbocycles. The van der Waals surface area contributed by atoms with Crippen molar-refractivity contribution >= 4 is 79.6 Å². The van der Waals surface area contributed by atoms with E-state index < -0.39 is 35.6 Å². The number of nitrogens with zero attached hydrogens (tertiary/aromatic N) is 13. The number of aromatic carboxylic acids is 4. The maximum Gasteiger partial charge on any atom is 0.381 e. The van der Waals surface area contributed by atoms with Gasteiger partial charge in [-0.25, -0.2) is 44.4 Å². The molecule has 16 rings (SSSR count). The summed E-state index contributed by atoms with van der Waals surface area (Å²) in [5.74, 6) is -4.26. The fourth-order valence-corrected chi connectivity index (χ4v) is 9.94. The molecule has 4 N–H and O–H groups in total. The smallest absolute Gasteiger partial charge is 0.381 e. The molecule has 0 aliphatic rings. The number of hydrogen-bond acceptors (Lipinski definition) is 17. The molecule has 21 nitrogen and oxygen atoms in total. The Labute approximate surface area is 720 Å². The zero-order chi connectivity index (χ0) is 80.1. The maximum absolute atomic E-state index is 12.9. The van der Waals surface area contributed by atoms with E-state index in [9.17, 15) is 36.7 Å². The fourth-order valence-electron chi connectivity index (χ4n) is 9.83. The van der Waals surface area contributed by atoms with Gasteiger partial charge in [0, 0.05) is 163 Å². The van der Waals surface area contributed by atoms with Crippen LogP contribution < -0.4 is 0 Å². The summed E-state index contributed by atoms with van der Waals surface area (Å²) < 4.78 is 50.6. The molecule has 592 valence electrons. The predicted octanol–water partition coefficient (Wildman–Crippen LogP) is 18.4. The minimum Gasteiger partial charge on any atom is -0.477 e. The molecule has 0 amide bonds. The fraction of sp³-hybridized carbons (Fsp3) is 0.0581.